The molecule has 1 atom stereocenters. The fourth-order valence-electron chi connectivity index (χ4n) is 2.31. The van der Waals surface area contributed by atoms with Crippen LogP contribution in [0.5, 0.6) is 0 Å². The van der Waals surface area contributed by atoms with Gasteiger partial charge in [0.2, 0.25) is 0 Å². The monoisotopic (exact) mass is 423 g/mol. The molecule has 0 aliphatic carbocycles. The van der Waals surface area contributed by atoms with E-state index < -0.39 is 26.5 Å². The van der Waals surface area contributed by atoms with E-state index >= 15 is 0 Å². The van der Waals surface area contributed by atoms with Crippen molar-refractivity contribution >= 4 is 24.7 Å². The summed E-state index contributed by atoms with van der Waals surface area (Å²) < 4.78 is 46.8. The van der Waals surface area contributed by atoms with Crippen LogP contribution < -0.4 is 0 Å². The summed E-state index contributed by atoms with van der Waals surface area (Å²) in [6, 6.07) is 7.42. The number of ether oxygens (including phenoxy) is 1. The van der Waals surface area contributed by atoms with E-state index in [9.17, 15) is 13.2 Å². The lowest BCUT2D eigenvalue weighted by atomic mass is 9.79. The van der Waals surface area contributed by atoms with Crippen LogP contribution in [-0.4, -0.2) is 27.7 Å². The molecule has 0 saturated heterocycles. The highest BCUT2D eigenvalue weighted by Crippen LogP contribution is 2.39. The molecule has 137 valence electrons. The first kappa shape index (κ1) is 21.7. The molecule has 0 N–H and O–H groups in total. The molecule has 1 nitrogen and oxygen atoms in total. The fourth-order valence-corrected chi connectivity index (χ4v) is 3.50. The molecule has 0 fully saturated rings. The molecular weight excluding hydrogens is 397 g/mol. The number of rotatable bonds is 7. The molecule has 1 unspecified atom stereocenters. The maximum absolute atomic E-state index is 13.5. The first-order chi connectivity index (χ1) is 10.8. The van der Waals surface area contributed by atoms with E-state index in [1.54, 1.807) is 0 Å². The maximum atomic E-state index is 13.5. The van der Waals surface area contributed by atoms with Crippen LogP contribution in [0, 0.1) is 0 Å². The highest BCUT2D eigenvalue weighted by atomic mass is 79.9. The topological polar surface area (TPSA) is 9.23 Å². The number of alkyl halides is 3. The zero-order chi connectivity index (χ0) is 18.8. The highest BCUT2D eigenvalue weighted by molar-refractivity contribution is 9.10. The number of hydrogen-bond donors (Lipinski definition) is 0. The predicted octanol–water partition coefficient (Wildman–Crippen LogP) is 6.60. The Hall–Kier alpha value is -0.333. The van der Waals surface area contributed by atoms with Gasteiger partial charge in [-0.05, 0) is 28.5 Å². The van der Waals surface area contributed by atoms with Crippen LogP contribution in [0.4, 0.5) is 13.2 Å². The minimum Gasteiger partial charge on any atom is -0.368 e. The first-order valence-electron chi connectivity index (χ1n) is 8.01. The van der Waals surface area contributed by atoms with Crippen molar-refractivity contribution in [2.45, 2.75) is 69.9 Å². The van der Waals surface area contributed by atoms with Crippen molar-refractivity contribution in [2.75, 3.05) is 6.61 Å². The second kappa shape index (κ2) is 7.91. The lowest BCUT2D eigenvalue weighted by Crippen LogP contribution is -2.40. The number of benzene rings is 1. The first-order valence-corrected chi connectivity index (χ1v) is 11.3. The summed E-state index contributed by atoms with van der Waals surface area (Å²) in [6.45, 7) is 11.9. The van der Waals surface area contributed by atoms with Crippen molar-refractivity contribution in [2.24, 2.45) is 0 Å². The zero-order valence-electron chi connectivity index (χ0n) is 15.2. The van der Waals surface area contributed by atoms with Gasteiger partial charge in [-0.15, -0.1) is 0 Å². The Labute approximate surface area is 153 Å². The van der Waals surface area contributed by atoms with E-state index in [0.29, 0.717) is 0 Å². The molecule has 1 radical (unpaired) electrons. The Balaban J connectivity index is 2.97. The molecule has 0 bridgehead atoms. The molecule has 24 heavy (non-hydrogen) atoms. The van der Waals surface area contributed by atoms with Gasteiger partial charge in [0.25, 0.3) is 0 Å². The molecular formula is C18H27BrF3OSi. The van der Waals surface area contributed by atoms with Crippen LogP contribution in [0.3, 0.4) is 0 Å². The summed E-state index contributed by atoms with van der Waals surface area (Å²) in [6.07, 6.45) is -6.24. The Morgan fingerprint density at radius 1 is 1.08 bits per heavy atom. The summed E-state index contributed by atoms with van der Waals surface area (Å²) >= 11 is 3.44. The van der Waals surface area contributed by atoms with Gasteiger partial charge < -0.3 is 4.74 Å². The van der Waals surface area contributed by atoms with Crippen molar-refractivity contribution in [3.8, 4) is 0 Å². The zero-order valence-corrected chi connectivity index (χ0v) is 17.8. The van der Waals surface area contributed by atoms with Gasteiger partial charge in [0, 0.05) is 11.1 Å². The summed E-state index contributed by atoms with van der Waals surface area (Å²) in [4.78, 5) is 0. The third kappa shape index (κ3) is 5.88. The maximum Gasteiger partial charge on any atom is 0.414 e. The molecule has 6 heteroatoms. The van der Waals surface area contributed by atoms with Gasteiger partial charge in [-0.25, -0.2) is 0 Å². The molecule has 0 aromatic heterocycles. The highest BCUT2D eigenvalue weighted by Gasteiger charge is 2.45. The fraction of sp³-hybridized carbons (Fsp3) is 0.667. The van der Waals surface area contributed by atoms with E-state index in [-0.39, 0.29) is 18.1 Å². The van der Waals surface area contributed by atoms with E-state index in [1.165, 1.54) is 0 Å². The summed E-state index contributed by atoms with van der Waals surface area (Å²) in [5, 5.41) is -0.203. The summed E-state index contributed by atoms with van der Waals surface area (Å²) in [5.74, 6) is 0. The molecule has 0 aliphatic heterocycles. The van der Waals surface area contributed by atoms with E-state index in [2.05, 4.69) is 29.0 Å². The van der Waals surface area contributed by atoms with Crippen LogP contribution in [0.1, 0.15) is 39.7 Å². The van der Waals surface area contributed by atoms with Crippen molar-refractivity contribution < 1.29 is 17.9 Å². The Bertz CT molecular complexity index is 541. The SMILES string of the molecule is C[Si](C)C(C)(C)COC(CC(C)(C)c1ccccc1Br)C(F)(F)F. The second-order valence-electron chi connectivity index (χ2n) is 7.79. The van der Waals surface area contributed by atoms with Gasteiger partial charge in [-0.3, -0.25) is 0 Å². The minimum absolute atomic E-state index is 0.106. The molecule has 1 aromatic rings. The number of hydrogen-bond acceptors (Lipinski definition) is 1. The second-order valence-corrected chi connectivity index (χ2v) is 12.0. The van der Waals surface area contributed by atoms with Crippen LogP contribution in [0.2, 0.25) is 18.1 Å². The Kier molecular flexibility index (Phi) is 7.16. The average molecular weight is 424 g/mol. The van der Waals surface area contributed by atoms with Crippen molar-refractivity contribution in [1.29, 1.82) is 0 Å². The summed E-state index contributed by atoms with van der Waals surface area (Å²) in [7, 11) is -0.753. The largest absolute Gasteiger partial charge is 0.414 e. The van der Waals surface area contributed by atoms with Gasteiger partial charge in [-0.1, -0.05) is 74.9 Å². The molecule has 0 amide bonds. The van der Waals surface area contributed by atoms with Gasteiger partial charge in [0.15, 0.2) is 6.10 Å². The van der Waals surface area contributed by atoms with E-state index in [0.717, 1.165) is 10.0 Å². The van der Waals surface area contributed by atoms with Crippen LogP contribution >= 0.6 is 15.9 Å². The molecule has 0 spiro atoms. The molecule has 1 aromatic carbocycles. The van der Waals surface area contributed by atoms with Crippen molar-refractivity contribution in [1.82, 2.24) is 0 Å². The standard InChI is InChI=1S/C18H27BrF3OSi/c1-16(2,13-9-7-8-10-14(13)19)11-15(18(20,21)22)23-12-17(3,4)24(5)6/h7-10,15H,11-12H2,1-6H3. The summed E-state index contributed by atoms with van der Waals surface area (Å²) in [5.41, 5.74) is 0.203. The smallest absolute Gasteiger partial charge is 0.368 e. The minimum atomic E-state index is -4.37. The van der Waals surface area contributed by atoms with Crippen molar-refractivity contribution in [3.05, 3.63) is 34.3 Å². The van der Waals surface area contributed by atoms with Crippen LogP contribution in [0.15, 0.2) is 28.7 Å². The lowest BCUT2D eigenvalue weighted by molar-refractivity contribution is -0.227. The number of halogens is 4. The van der Waals surface area contributed by atoms with Gasteiger partial charge in [-0.2, -0.15) is 13.2 Å². The van der Waals surface area contributed by atoms with E-state index in [1.807, 2.05) is 52.0 Å². The normalized spacial score (nSPS) is 15.0. The predicted molar refractivity (Wildman–Crippen MR) is 99.1 cm³/mol. The van der Waals surface area contributed by atoms with Crippen LogP contribution in [0.25, 0.3) is 0 Å². The van der Waals surface area contributed by atoms with Gasteiger partial charge in [0.05, 0.1) is 8.80 Å². The Morgan fingerprint density at radius 2 is 1.62 bits per heavy atom. The molecule has 0 saturated carbocycles. The Morgan fingerprint density at radius 3 is 2.08 bits per heavy atom. The average Bonchev–Trinajstić information content (AvgIpc) is 2.42. The molecule has 1 rings (SSSR count). The lowest BCUT2D eigenvalue weighted by Gasteiger charge is -2.35. The molecule has 0 aliphatic rings. The quantitative estimate of drug-likeness (QED) is 0.448. The van der Waals surface area contributed by atoms with E-state index in [4.69, 9.17) is 4.74 Å². The third-order valence-corrected chi connectivity index (χ3v) is 8.21. The van der Waals surface area contributed by atoms with Gasteiger partial charge in [0.1, 0.15) is 0 Å². The third-order valence-electron chi connectivity index (χ3n) is 4.66. The molecule has 0 heterocycles. The van der Waals surface area contributed by atoms with Crippen molar-refractivity contribution in [3.63, 3.8) is 0 Å². The van der Waals surface area contributed by atoms with Gasteiger partial charge >= 0.3 is 6.18 Å². The van der Waals surface area contributed by atoms with Crippen LogP contribution in [-0.2, 0) is 10.2 Å².